The normalized spacial score (nSPS) is 12.9. The van der Waals surface area contributed by atoms with Crippen molar-refractivity contribution in [3.8, 4) is 23.5 Å². The highest BCUT2D eigenvalue weighted by Gasteiger charge is 2.16. The SMILES string of the molecule is C#CC(C)c1ccc(-c2c3ccccc3c(/C(C=N)=C/C=C\C)c3ccccc23)cc1. The lowest BCUT2D eigenvalue weighted by Gasteiger charge is -2.18. The van der Waals surface area contributed by atoms with Crippen molar-refractivity contribution in [2.75, 3.05) is 0 Å². The molecule has 0 spiro atoms. The standard InChI is InChI=1S/C30H25N/c1-4-6-11-24(20-31)30-27-14-9-7-12-25(27)29(26-13-8-10-15-28(26)30)23-18-16-22(17-19-23)21(3)5-2/h2,4,6-21,31H,1,3H3/b6-4-,24-11+,31-20?. The first kappa shape index (κ1) is 20.4. The fourth-order valence-corrected chi connectivity index (χ4v) is 4.19. The van der Waals surface area contributed by atoms with E-state index >= 15 is 0 Å². The van der Waals surface area contributed by atoms with Crippen molar-refractivity contribution < 1.29 is 0 Å². The second-order valence-corrected chi connectivity index (χ2v) is 7.64. The topological polar surface area (TPSA) is 23.9 Å². The molecular weight excluding hydrogens is 374 g/mol. The van der Waals surface area contributed by atoms with E-state index in [-0.39, 0.29) is 5.92 Å². The van der Waals surface area contributed by atoms with E-state index in [4.69, 9.17) is 11.8 Å². The minimum Gasteiger partial charge on any atom is -0.308 e. The average molecular weight is 400 g/mol. The molecule has 0 amide bonds. The first-order valence-electron chi connectivity index (χ1n) is 10.5. The van der Waals surface area contributed by atoms with Crippen LogP contribution in [0.15, 0.2) is 91.0 Å². The van der Waals surface area contributed by atoms with Crippen LogP contribution in [0.1, 0.15) is 30.9 Å². The number of nitrogens with one attached hydrogen (secondary N) is 1. The molecule has 0 fully saturated rings. The predicted octanol–water partition coefficient (Wildman–Crippen LogP) is 8.01. The number of fused-ring (bicyclic) bond motifs is 2. The van der Waals surface area contributed by atoms with Crippen LogP contribution in [0.5, 0.6) is 0 Å². The van der Waals surface area contributed by atoms with Crippen LogP contribution in [0.4, 0.5) is 0 Å². The summed E-state index contributed by atoms with van der Waals surface area (Å²) in [5, 5.41) is 12.7. The van der Waals surface area contributed by atoms with E-state index in [0.29, 0.717) is 0 Å². The van der Waals surface area contributed by atoms with Crippen molar-refractivity contribution in [3.05, 3.63) is 102 Å². The second kappa shape index (κ2) is 8.86. The lowest BCUT2D eigenvalue weighted by Crippen LogP contribution is -1.95. The molecule has 1 nitrogen and oxygen atoms in total. The Bertz CT molecular complexity index is 1300. The summed E-state index contributed by atoms with van der Waals surface area (Å²) in [7, 11) is 0. The van der Waals surface area contributed by atoms with Crippen LogP contribution in [-0.4, -0.2) is 6.21 Å². The van der Waals surface area contributed by atoms with E-state index in [9.17, 15) is 0 Å². The van der Waals surface area contributed by atoms with Gasteiger partial charge in [0.25, 0.3) is 0 Å². The van der Waals surface area contributed by atoms with E-state index in [1.54, 1.807) is 0 Å². The van der Waals surface area contributed by atoms with Crippen molar-refractivity contribution in [2.24, 2.45) is 0 Å². The van der Waals surface area contributed by atoms with E-state index < -0.39 is 0 Å². The molecule has 0 aliphatic heterocycles. The highest BCUT2D eigenvalue weighted by molar-refractivity contribution is 6.25. The molecule has 1 atom stereocenters. The van der Waals surface area contributed by atoms with Gasteiger partial charge in [-0.2, -0.15) is 0 Å². The summed E-state index contributed by atoms with van der Waals surface area (Å²) in [6.07, 6.45) is 13.1. The molecule has 0 saturated heterocycles. The number of rotatable bonds is 5. The third-order valence-corrected chi connectivity index (χ3v) is 5.79. The summed E-state index contributed by atoms with van der Waals surface area (Å²) in [6.45, 7) is 4.03. The zero-order chi connectivity index (χ0) is 21.8. The first-order valence-corrected chi connectivity index (χ1v) is 10.5. The Morgan fingerprint density at radius 2 is 1.42 bits per heavy atom. The third-order valence-electron chi connectivity index (χ3n) is 5.79. The van der Waals surface area contributed by atoms with E-state index in [1.807, 2.05) is 32.1 Å². The van der Waals surface area contributed by atoms with Crippen LogP contribution in [0.3, 0.4) is 0 Å². The number of terminal acetylenes is 1. The molecule has 1 N–H and O–H groups in total. The lowest BCUT2D eigenvalue weighted by atomic mass is 9.85. The molecule has 4 aromatic carbocycles. The van der Waals surface area contributed by atoms with E-state index in [1.165, 1.54) is 28.1 Å². The monoisotopic (exact) mass is 399 g/mol. The Kier molecular flexibility index (Phi) is 5.83. The zero-order valence-corrected chi connectivity index (χ0v) is 17.9. The van der Waals surface area contributed by atoms with Crippen LogP contribution in [0, 0.1) is 17.8 Å². The summed E-state index contributed by atoms with van der Waals surface area (Å²) in [6, 6.07) is 25.6. The summed E-state index contributed by atoms with van der Waals surface area (Å²) in [5.74, 6) is 2.90. The van der Waals surface area contributed by atoms with Gasteiger partial charge in [-0.1, -0.05) is 96.9 Å². The summed E-state index contributed by atoms with van der Waals surface area (Å²) in [5.41, 5.74) is 5.53. The summed E-state index contributed by atoms with van der Waals surface area (Å²) >= 11 is 0. The van der Waals surface area contributed by atoms with Crippen molar-refractivity contribution in [1.82, 2.24) is 0 Å². The number of hydrogen-bond acceptors (Lipinski definition) is 1. The Labute approximate surface area is 184 Å². The van der Waals surface area contributed by atoms with Gasteiger partial charge < -0.3 is 5.41 Å². The Morgan fingerprint density at radius 3 is 1.90 bits per heavy atom. The second-order valence-electron chi connectivity index (χ2n) is 7.64. The van der Waals surface area contributed by atoms with Crippen LogP contribution in [-0.2, 0) is 0 Å². The van der Waals surface area contributed by atoms with Gasteiger partial charge in [0, 0.05) is 17.7 Å². The fraction of sp³-hybridized carbons (Fsp3) is 0.100. The van der Waals surface area contributed by atoms with Gasteiger partial charge in [-0.3, -0.25) is 0 Å². The van der Waals surface area contributed by atoms with Gasteiger partial charge in [-0.05, 0) is 57.6 Å². The highest BCUT2D eigenvalue weighted by Crippen LogP contribution is 2.41. The third kappa shape index (κ3) is 3.69. The van der Waals surface area contributed by atoms with Gasteiger partial charge in [-0.15, -0.1) is 6.42 Å². The van der Waals surface area contributed by atoms with Gasteiger partial charge in [0.05, 0.1) is 0 Å². The van der Waals surface area contributed by atoms with Gasteiger partial charge in [0.15, 0.2) is 0 Å². The van der Waals surface area contributed by atoms with Crippen molar-refractivity contribution >= 4 is 33.3 Å². The molecule has 31 heavy (non-hydrogen) atoms. The fourth-order valence-electron chi connectivity index (χ4n) is 4.19. The molecule has 4 aromatic rings. The molecule has 1 unspecified atom stereocenters. The van der Waals surface area contributed by atoms with E-state index in [2.05, 4.69) is 78.7 Å². The molecule has 0 aromatic heterocycles. The van der Waals surface area contributed by atoms with Crippen LogP contribution < -0.4 is 0 Å². The summed E-state index contributed by atoms with van der Waals surface area (Å²) in [4.78, 5) is 0. The molecular formula is C30H25N. The van der Waals surface area contributed by atoms with Gasteiger partial charge >= 0.3 is 0 Å². The van der Waals surface area contributed by atoms with E-state index in [0.717, 1.165) is 27.5 Å². The molecule has 0 heterocycles. The summed E-state index contributed by atoms with van der Waals surface area (Å²) < 4.78 is 0. The maximum atomic E-state index is 8.08. The molecule has 0 aliphatic carbocycles. The maximum Gasteiger partial charge on any atom is 0.0421 e. The average Bonchev–Trinajstić information content (AvgIpc) is 2.83. The first-order chi connectivity index (χ1) is 15.2. The van der Waals surface area contributed by atoms with Crippen LogP contribution >= 0.6 is 0 Å². The van der Waals surface area contributed by atoms with Crippen molar-refractivity contribution in [2.45, 2.75) is 19.8 Å². The smallest absolute Gasteiger partial charge is 0.0421 e. The van der Waals surface area contributed by atoms with Gasteiger partial charge in [0.2, 0.25) is 0 Å². The molecule has 0 radical (unpaired) electrons. The predicted molar refractivity (Wildman–Crippen MR) is 136 cm³/mol. The lowest BCUT2D eigenvalue weighted by molar-refractivity contribution is 1.01. The number of hydrogen-bond donors (Lipinski definition) is 1. The van der Waals surface area contributed by atoms with Gasteiger partial charge in [-0.25, -0.2) is 0 Å². The van der Waals surface area contributed by atoms with Crippen LogP contribution in [0.2, 0.25) is 0 Å². The van der Waals surface area contributed by atoms with Crippen LogP contribution in [0.25, 0.3) is 38.2 Å². The Morgan fingerprint density at radius 1 is 0.871 bits per heavy atom. The Hall–Kier alpha value is -3.89. The minimum absolute atomic E-state index is 0.0943. The zero-order valence-electron chi connectivity index (χ0n) is 17.9. The molecule has 0 bridgehead atoms. The maximum absolute atomic E-state index is 8.08. The minimum atomic E-state index is 0.0943. The van der Waals surface area contributed by atoms with Gasteiger partial charge in [0.1, 0.15) is 0 Å². The quantitative estimate of drug-likeness (QED) is 0.152. The molecule has 0 aliphatic rings. The molecule has 0 saturated carbocycles. The molecule has 1 heteroatoms. The molecule has 150 valence electrons. The number of allylic oxidation sites excluding steroid dienone is 4. The van der Waals surface area contributed by atoms with Crippen molar-refractivity contribution in [3.63, 3.8) is 0 Å². The Balaban J connectivity index is 2.10. The molecule has 4 rings (SSSR count). The largest absolute Gasteiger partial charge is 0.308 e. The number of benzene rings is 4. The highest BCUT2D eigenvalue weighted by atomic mass is 14.3. The van der Waals surface area contributed by atoms with Crippen molar-refractivity contribution in [1.29, 1.82) is 5.41 Å².